The number of amides is 4. The molecule has 0 spiro atoms. The molecular formula is C18H14ClN3O4. The number of nitrogens with zero attached hydrogens (tertiary/aromatic N) is 1. The van der Waals surface area contributed by atoms with Crippen molar-refractivity contribution in [3.8, 4) is 5.75 Å². The summed E-state index contributed by atoms with van der Waals surface area (Å²) in [6.45, 7) is -0.427. The lowest BCUT2D eigenvalue weighted by Crippen LogP contribution is -2.38. The maximum absolute atomic E-state index is 12.4. The number of aromatic hydroxyl groups is 1. The Morgan fingerprint density at radius 2 is 1.77 bits per heavy atom. The molecule has 0 aliphatic carbocycles. The molecule has 0 unspecified atom stereocenters. The monoisotopic (exact) mass is 371 g/mol. The average Bonchev–Trinajstić information content (AvgIpc) is 2.86. The summed E-state index contributed by atoms with van der Waals surface area (Å²) in [6, 6.07) is 11.9. The zero-order chi connectivity index (χ0) is 18.7. The van der Waals surface area contributed by atoms with E-state index in [4.69, 9.17) is 11.6 Å². The number of halogens is 1. The van der Waals surface area contributed by atoms with Crippen molar-refractivity contribution in [1.29, 1.82) is 0 Å². The van der Waals surface area contributed by atoms with E-state index in [1.165, 1.54) is 30.3 Å². The lowest BCUT2D eigenvalue weighted by molar-refractivity contribution is -0.127. The minimum absolute atomic E-state index is 0.0640. The number of nitrogens with one attached hydrogen (secondary N) is 2. The maximum atomic E-state index is 12.4. The van der Waals surface area contributed by atoms with Crippen molar-refractivity contribution in [1.82, 2.24) is 10.2 Å². The van der Waals surface area contributed by atoms with Crippen LogP contribution in [0.15, 0.2) is 54.2 Å². The van der Waals surface area contributed by atoms with Crippen LogP contribution in [0.3, 0.4) is 0 Å². The van der Waals surface area contributed by atoms with E-state index in [1.807, 2.05) is 0 Å². The predicted molar refractivity (Wildman–Crippen MR) is 96.4 cm³/mol. The van der Waals surface area contributed by atoms with Gasteiger partial charge in [-0.3, -0.25) is 9.59 Å². The molecule has 3 rings (SSSR count). The van der Waals surface area contributed by atoms with Crippen molar-refractivity contribution in [2.24, 2.45) is 0 Å². The number of urea groups is 1. The molecule has 3 N–H and O–H groups in total. The molecule has 0 aromatic heterocycles. The van der Waals surface area contributed by atoms with Gasteiger partial charge in [-0.15, -0.1) is 0 Å². The molecule has 1 fully saturated rings. The number of phenols is 1. The summed E-state index contributed by atoms with van der Waals surface area (Å²) in [5.74, 6) is -1.06. The molecule has 26 heavy (non-hydrogen) atoms. The molecule has 2 aromatic carbocycles. The van der Waals surface area contributed by atoms with Crippen molar-refractivity contribution in [2.75, 3.05) is 11.9 Å². The van der Waals surface area contributed by atoms with E-state index in [0.717, 1.165) is 4.90 Å². The van der Waals surface area contributed by atoms with E-state index in [-0.39, 0.29) is 11.4 Å². The van der Waals surface area contributed by atoms with E-state index in [1.54, 1.807) is 24.3 Å². The SMILES string of the molecule is O=C(CN1C(=O)N/C(=C\c2ccc(Cl)cc2)C1=O)Nc1ccc(O)cc1. The summed E-state index contributed by atoms with van der Waals surface area (Å²) in [4.78, 5) is 37.2. The van der Waals surface area contributed by atoms with Crippen LogP contribution in [0.5, 0.6) is 5.75 Å². The normalized spacial score (nSPS) is 15.3. The molecule has 1 heterocycles. The third-order valence-electron chi connectivity index (χ3n) is 3.60. The lowest BCUT2D eigenvalue weighted by Gasteiger charge is -2.12. The van der Waals surface area contributed by atoms with Gasteiger partial charge in [-0.1, -0.05) is 23.7 Å². The standard InChI is InChI=1S/C18H14ClN3O4/c19-12-3-1-11(2-4-12)9-15-17(25)22(18(26)21-15)10-16(24)20-13-5-7-14(23)8-6-13/h1-9,23H,10H2,(H,20,24)(H,21,26)/b15-9-. The number of carbonyl (C=O) groups is 3. The highest BCUT2D eigenvalue weighted by Crippen LogP contribution is 2.17. The molecule has 0 radical (unpaired) electrons. The number of benzene rings is 2. The van der Waals surface area contributed by atoms with Gasteiger partial charge < -0.3 is 15.7 Å². The molecule has 0 saturated carbocycles. The van der Waals surface area contributed by atoms with Crippen LogP contribution < -0.4 is 10.6 Å². The fraction of sp³-hybridized carbons (Fsp3) is 0.0556. The molecule has 8 heteroatoms. The molecule has 7 nitrogen and oxygen atoms in total. The third kappa shape index (κ3) is 4.01. The summed E-state index contributed by atoms with van der Waals surface area (Å²) >= 11 is 5.81. The largest absolute Gasteiger partial charge is 0.508 e. The fourth-order valence-electron chi connectivity index (χ4n) is 2.33. The summed E-state index contributed by atoms with van der Waals surface area (Å²) in [5, 5.41) is 14.8. The molecule has 2 aromatic rings. The van der Waals surface area contributed by atoms with Gasteiger partial charge in [-0.25, -0.2) is 9.69 Å². The first-order valence-corrected chi connectivity index (χ1v) is 7.99. The third-order valence-corrected chi connectivity index (χ3v) is 3.85. The predicted octanol–water partition coefficient (Wildman–Crippen LogP) is 2.58. The van der Waals surface area contributed by atoms with E-state index in [0.29, 0.717) is 16.3 Å². The van der Waals surface area contributed by atoms with Gasteiger partial charge in [0.2, 0.25) is 5.91 Å². The van der Waals surface area contributed by atoms with Crippen LogP contribution >= 0.6 is 11.6 Å². The molecule has 1 saturated heterocycles. The van der Waals surface area contributed by atoms with E-state index < -0.39 is 24.4 Å². The smallest absolute Gasteiger partial charge is 0.329 e. The van der Waals surface area contributed by atoms with Crippen molar-refractivity contribution >= 4 is 41.2 Å². The van der Waals surface area contributed by atoms with Crippen LogP contribution in [0.25, 0.3) is 6.08 Å². The topological polar surface area (TPSA) is 98.7 Å². The van der Waals surface area contributed by atoms with Gasteiger partial charge in [0, 0.05) is 10.7 Å². The van der Waals surface area contributed by atoms with Gasteiger partial charge in [0.15, 0.2) is 0 Å². The minimum atomic E-state index is -0.670. The van der Waals surface area contributed by atoms with Gasteiger partial charge in [-0.2, -0.15) is 0 Å². The summed E-state index contributed by atoms with van der Waals surface area (Å²) in [6.07, 6.45) is 1.51. The Morgan fingerprint density at radius 3 is 2.42 bits per heavy atom. The molecule has 1 aliphatic heterocycles. The van der Waals surface area contributed by atoms with E-state index in [9.17, 15) is 19.5 Å². The van der Waals surface area contributed by atoms with Crippen molar-refractivity contribution < 1.29 is 19.5 Å². The Kier molecular flexibility index (Phi) is 4.90. The van der Waals surface area contributed by atoms with E-state index in [2.05, 4.69) is 10.6 Å². The number of carbonyl (C=O) groups excluding carboxylic acids is 3. The van der Waals surface area contributed by atoms with Crippen LogP contribution in [0, 0.1) is 0 Å². The highest BCUT2D eigenvalue weighted by atomic mass is 35.5. The second kappa shape index (κ2) is 7.28. The maximum Gasteiger partial charge on any atom is 0.329 e. The number of rotatable bonds is 4. The van der Waals surface area contributed by atoms with Gasteiger partial charge in [0.05, 0.1) is 0 Å². The number of imide groups is 1. The van der Waals surface area contributed by atoms with Crippen molar-refractivity contribution in [3.05, 3.63) is 64.8 Å². The fourth-order valence-corrected chi connectivity index (χ4v) is 2.46. The average molecular weight is 372 g/mol. The number of hydrogen-bond acceptors (Lipinski definition) is 4. The zero-order valence-corrected chi connectivity index (χ0v) is 14.2. The molecule has 4 amide bonds. The summed E-state index contributed by atoms with van der Waals surface area (Å²) in [7, 11) is 0. The summed E-state index contributed by atoms with van der Waals surface area (Å²) < 4.78 is 0. The Labute approximate surface area is 153 Å². The number of anilines is 1. The molecule has 132 valence electrons. The minimum Gasteiger partial charge on any atom is -0.508 e. The van der Waals surface area contributed by atoms with Crippen LogP contribution in [-0.2, 0) is 9.59 Å². The van der Waals surface area contributed by atoms with Crippen LogP contribution in [0.4, 0.5) is 10.5 Å². The molecule has 0 bridgehead atoms. The number of hydrogen-bond donors (Lipinski definition) is 3. The lowest BCUT2D eigenvalue weighted by atomic mass is 10.2. The van der Waals surface area contributed by atoms with Gasteiger partial charge in [0.25, 0.3) is 5.91 Å². The quantitative estimate of drug-likeness (QED) is 0.437. The van der Waals surface area contributed by atoms with Crippen molar-refractivity contribution in [2.45, 2.75) is 0 Å². The van der Waals surface area contributed by atoms with E-state index >= 15 is 0 Å². The first-order chi connectivity index (χ1) is 12.4. The van der Waals surface area contributed by atoms with Gasteiger partial charge in [-0.05, 0) is 48.0 Å². The Hall–Kier alpha value is -3.32. The van der Waals surface area contributed by atoms with Crippen LogP contribution in [-0.4, -0.2) is 34.4 Å². The first kappa shape index (κ1) is 17.5. The Bertz CT molecular complexity index is 892. The van der Waals surface area contributed by atoms with Crippen molar-refractivity contribution in [3.63, 3.8) is 0 Å². The second-order valence-electron chi connectivity index (χ2n) is 5.53. The first-order valence-electron chi connectivity index (χ1n) is 7.61. The van der Waals surface area contributed by atoms with Crippen LogP contribution in [0.2, 0.25) is 5.02 Å². The molecule has 0 atom stereocenters. The molecule has 1 aliphatic rings. The van der Waals surface area contributed by atoms with Crippen LogP contribution in [0.1, 0.15) is 5.56 Å². The Morgan fingerprint density at radius 1 is 1.12 bits per heavy atom. The zero-order valence-electron chi connectivity index (χ0n) is 13.4. The second-order valence-corrected chi connectivity index (χ2v) is 5.96. The highest BCUT2D eigenvalue weighted by Gasteiger charge is 2.34. The Balaban J connectivity index is 1.67. The van der Waals surface area contributed by atoms with Gasteiger partial charge >= 0.3 is 6.03 Å². The molecular weight excluding hydrogens is 358 g/mol. The number of phenolic OH excluding ortho intramolecular Hbond substituents is 1. The summed E-state index contributed by atoms with van der Waals surface area (Å²) in [5.41, 5.74) is 1.21. The highest BCUT2D eigenvalue weighted by molar-refractivity contribution is 6.30. The van der Waals surface area contributed by atoms with Gasteiger partial charge in [0.1, 0.15) is 18.0 Å².